The molecule has 0 fully saturated rings. The van der Waals surface area contributed by atoms with E-state index < -0.39 is 0 Å². The third kappa shape index (κ3) is 3.10. The van der Waals surface area contributed by atoms with Crippen LogP contribution in [-0.2, 0) is 5.41 Å². The molecule has 0 N–H and O–H groups in total. The molecule has 0 unspecified atom stereocenters. The molecule has 1 aliphatic rings. The van der Waals surface area contributed by atoms with Crippen LogP contribution >= 0.6 is 0 Å². The second-order valence-electron chi connectivity index (χ2n) is 6.93. The predicted molar refractivity (Wildman–Crippen MR) is 89.5 cm³/mol. The summed E-state index contributed by atoms with van der Waals surface area (Å²) in [6.07, 6.45) is 5.19. The van der Waals surface area contributed by atoms with Crippen LogP contribution < -0.4 is 0 Å². The van der Waals surface area contributed by atoms with E-state index >= 15 is 0 Å². The highest BCUT2D eigenvalue weighted by Crippen LogP contribution is 2.34. The summed E-state index contributed by atoms with van der Waals surface area (Å²) in [5.41, 5.74) is 5.60. The third-order valence-corrected chi connectivity index (χ3v) is 3.98. The number of Topliss-reactive ketones (excluding diaryl/α,β-unsaturated/α-hetero) is 1. The molecule has 0 heterocycles. The van der Waals surface area contributed by atoms with Crippen molar-refractivity contribution in [1.82, 2.24) is 4.90 Å². The van der Waals surface area contributed by atoms with E-state index in [-0.39, 0.29) is 11.2 Å². The quantitative estimate of drug-likeness (QED) is 0.765. The zero-order chi connectivity index (χ0) is 15.8. The van der Waals surface area contributed by atoms with Crippen LogP contribution in [0.15, 0.2) is 36.0 Å². The molecule has 2 nitrogen and oxygen atoms in total. The van der Waals surface area contributed by atoms with Gasteiger partial charge < -0.3 is 4.90 Å². The second-order valence-corrected chi connectivity index (χ2v) is 6.93. The lowest BCUT2D eigenvalue weighted by molar-refractivity contribution is 0.101. The maximum atomic E-state index is 12.1. The van der Waals surface area contributed by atoms with Gasteiger partial charge in [-0.05, 0) is 47.6 Å². The van der Waals surface area contributed by atoms with Gasteiger partial charge in [0.25, 0.3) is 0 Å². The largest absolute Gasteiger partial charge is 0.377 e. The molecular formula is C19H25NO. The first-order valence-electron chi connectivity index (χ1n) is 7.44. The number of likely N-dealkylation sites (N-methyl/N-ethyl adjacent to an activating group) is 1. The molecule has 0 radical (unpaired) electrons. The molecule has 0 saturated carbocycles. The summed E-state index contributed by atoms with van der Waals surface area (Å²) in [5.74, 6) is 0.133. The summed E-state index contributed by atoms with van der Waals surface area (Å²) >= 11 is 0. The normalized spacial score (nSPS) is 14.8. The van der Waals surface area contributed by atoms with Crippen molar-refractivity contribution < 1.29 is 4.79 Å². The molecule has 21 heavy (non-hydrogen) atoms. The molecule has 0 amide bonds. The Balaban J connectivity index is 2.60. The molecular weight excluding hydrogens is 258 g/mol. The van der Waals surface area contributed by atoms with Crippen LogP contribution in [0.25, 0.3) is 5.57 Å². The number of hydrogen-bond donors (Lipinski definition) is 0. The lowest BCUT2D eigenvalue weighted by Crippen LogP contribution is -2.14. The number of ketones is 1. The summed E-state index contributed by atoms with van der Waals surface area (Å²) in [4.78, 5) is 14.2. The summed E-state index contributed by atoms with van der Waals surface area (Å²) < 4.78 is 0. The molecule has 1 aromatic carbocycles. The van der Waals surface area contributed by atoms with Crippen molar-refractivity contribution >= 4 is 11.4 Å². The van der Waals surface area contributed by atoms with E-state index in [9.17, 15) is 4.79 Å². The van der Waals surface area contributed by atoms with Crippen molar-refractivity contribution in [2.45, 2.75) is 39.5 Å². The minimum absolute atomic E-state index is 0.0510. The van der Waals surface area contributed by atoms with Crippen LogP contribution in [0.5, 0.6) is 0 Å². The zero-order valence-corrected chi connectivity index (χ0v) is 13.9. The Morgan fingerprint density at radius 3 is 2.38 bits per heavy atom. The molecule has 0 bridgehead atoms. The molecule has 2 heteroatoms. The van der Waals surface area contributed by atoms with Crippen molar-refractivity contribution in [2.75, 3.05) is 14.1 Å². The highest BCUT2D eigenvalue weighted by Gasteiger charge is 2.21. The lowest BCUT2D eigenvalue weighted by atomic mass is 9.83. The van der Waals surface area contributed by atoms with Crippen molar-refractivity contribution in [1.29, 1.82) is 0 Å². The van der Waals surface area contributed by atoms with E-state index in [2.05, 4.69) is 56.0 Å². The van der Waals surface area contributed by atoms with Crippen LogP contribution in [0, 0.1) is 0 Å². The molecule has 1 aromatic rings. The van der Waals surface area contributed by atoms with Gasteiger partial charge in [-0.1, -0.05) is 39.0 Å². The van der Waals surface area contributed by atoms with Crippen molar-refractivity contribution in [3.05, 3.63) is 52.7 Å². The topological polar surface area (TPSA) is 20.3 Å². The standard InChI is InChI=1S/C19H25NO/c1-13(21)17-12-14(19(2,3)4)10-11-15(17)16-8-7-9-18(16)20(5)6/h7,9-12H,8H2,1-6H3. The van der Waals surface area contributed by atoms with Gasteiger partial charge in [0.15, 0.2) is 5.78 Å². The summed E-state index contributed by atoms with van der Waals surface area (Å²) in [7, 11) is 4.09. The summed E-state index contributed by atoms with van der Waals surface area (Å²) in [6.45, 7) is 8.18. The number of allylic oxidation sites excluding steroid dienone is 3. The van der Waals surface area contributed by atoms with Crippen LogP contribution in [-0.4, -0.2) is 24.8 Å². The maximum absolute atomic E-state index is 12.1. The maximum Gasteiger partial charge on any atom is 0.160 e. The fourth-order valence-electron chi connectivity index (χ4n) is 2.73. The Hall–Kier alpha value is -1.83. The van der Waals surface area contributed by atoms with Gasteiger partial charge in [0, 0.05) is 25.4 Å². The van der Waals surface area contributed by atoms with E-state index in [0.717, 1.165) is 17.5 Å². The Kier molecular flexibility index (Phi) is 4.08. The molecule has 2 rings (SSSR count). The third-order valence-electron chi connectivity index (χ3n) is 3.98. The smallest absolute Gasteiger partial charge is 0.160 e. The van der Waals surface area contributed by atoms with Gasteiger partial charge in [-0.25, -0.2) is 0 Å². The first kappa shape index (κ1) is 15.6. The van der Waals surface area contributed by atoms with Gasteiger partial charge in [0.2, 0.25) is 0 Å². The Bertz CT molecular complexity index is 627. The van der Waals surface area contributed by atoms with E-state index in [0.29, 0.717) is 0 Å². The van der Waals surface area contributed by atoms with Gasteiger partial charge in [-0.2, -0.15) is 0 Å². The molecule has 0 aromatic heterocycles. The van der Waals surface area contributed by atoms with Gasteiger partial charge in [-0.15, -0.1) is 0 Å². The first-order chi connectivity index (χ1) is 9.71. The van der Waals surface area contributed by atoms with Crippen LogP contribution in [0.2, 0.25) is 0 Å². The number of nitrogens with zero attached hydrogens (tertiary/aromatic N) is 1. The zero-order valence-electron chi connectivity index (χ0n) is 13.9. The minimum atomic E-state index is 0.0510. The average molecular weight is 283 g/mol. The molecule has 112 valence electrons. The molecule has 0 spiro atoms. The molecule has 0 aliphatic heterocycles. The Morgan fingerprint density at radius 2 is 1.86 bits per heavy atom. The van der Waals surface area contributed by atoms with Gasteiger partial charge in [-0.3, -0.25) is 4.79 Å². The van der Waals surface area contributed by atoms with Crippen LogP contribution in [0.3, 0.4) is 0 Å². The first-order valence-corrected chi connectivity index (χ1v) is 7.44. The van der Waals surface area contributed by atoms with Crippen molar-refractivity contribution in [3.8, 4) is 0 Å². The summed E-state index contributed by atoms with van der Waals surface area (Å²) in [6, 6.07) is 6.33. The lowest BCUT2D eigenvalue weighted by Gasteiger charge is -2.22. The molecule has 1 aliphatic carbocycles. The van der Waals surface area contributed by atoms with Crippen LogP contribution in [0.1, 0.15) is 55.6 Å². The minimum Gasteiger partial charge on any atom is -0.377 e. The average Bonchev–Trinajstić information content (AvgIpc) is 2.85. The SMILES string of the molecule is CC(=O)c1cc(C(C)(C)C)ccc1C1=C(N(C)C)C=CC1. The van der Waals surface area contributed by atoms with Gasteiger partial charge in [0.1, 0.15) is 0 Å². The number of rotatable bonds is 3. The fourth-order valence-corrected chi connectivity index (χ4v) is 2.73. The molecule has 0 saturated heterocycles. The van der Waals surface area contributed by atoms with E-state index in [1.165, 1.54) is 16.8 Å². The Labute approximate surface area is 128 Å². The van der Waals surface area contributed by atoms with E-state index in [4.69, 9.17) is 0 Å². The number of benzene rings is 1. The predicted octanol–water partition coefficient (Wildman–Crippen LogP) is 4.42. The van der Waals surface area contributed by atoms with E-state index in [1.54, 1.807) is 6.92 Å². The second kappa shape index (κ2) is 5.51. The highest BCUT2D eigenvalue weighted by molar-refractivity contribution is 6.00. The monoisotopic (exact) mass is 283 g/mol. The highest BCUT2D eigenvalue weighted by atomic mass is 16.1. The van der Waals surface area contributed by atoms with Crippen molar-refractivity contribution in [2.24, 2.45) is 0 Å². The Morgan fingerprint density at radius 1 is 1.19 bits per heavy atom. The number of carbonyl (C=O) groups excluding carboxylic acids is 1. The van der Waals surface area contributed by atoms with Gasteiger partial charge in [0.05, 0.1) is 0 Å². The van der Waals surface area contributed by atoms with E-state index in [1.807, 2.05) is 14.1 Å². The summed E-state index contributed by atoms with van der Waals surface area (Å²) in [5, 5.41) is 0. The number of carbonyl (C=O) groups is 1. The number of hydrogen-bond acceptors (Lipinski definition) is 2. The van der Waals surface area contributed by atoms with Gasteiger partial charge >= 0.3 is 0 Å². The fraction of sp³-hybridized carbons (Fsp3) is 0.421. The molecule has 0 atom stereocenters. The van der Waals surface area contributed by atoms with Crippen LogP contribution in [0.4, 0.5) is 0 Å². The van der Waals surface area contributed by atoms with Crippen molar-refractivity contribution in [3.63, 3.8) is 0 Å².